The molecule has 0 aliphatic carbocycles. The number of para-hydroxylation sites is 1. The van der Waals surface area contributed by atoms with Crippen LogP contribution < -0.4 is 10.6 Å². The van der Waals surface area contributed by atoms with Crippen molar-refractivity contribution < 1.29 is 4.42 Å². The lowest BCUT2D eigenvalue weighted by Gasteiger charge is -2.13. The van der Waals surface area contributed by atoms with Gasteiger partial charge in [0.05, 0.1) is 11.2 Å². The Hall–Kier alpha value is -7.70. The van der Waals surface area contributed by atoms with Gasteiger partial charge in [-0.15, -0.1) is 0 Å². The van der Waals surface area contributed by atoms with Gasteiger partial charge in [0, 0.05) is 66.4 Å². The van der Waals surface area contributed by atoms with Gasteiger partial charge in [0.2, 0.25) is 0 Å². The third kappa shape index (κ3) is 5.92. The highest BCUT2D eigenvalue weighted by atomic mass is 16.3. The molecule has 0 bridgehead atoms. The molecule has 10 rings (SSSR count). The molecule has 0 saturated heterocycles. The highest BCUT2D eigenvalue weighted by molar-refractivity contribution is 6.15. The molecule has 6 aromatic carbocycles. The number of aromatic nitrogens is 5. The van der Waals surface area contributed by atoms with Crippen LogP contribution in [0.15, 0.2) is 181 Å². The molecule has 4 heterocycles. The average Bonchev–Trinajstić information content (AvgIpc) is 3.82. The Morgan fingerprint density at radius 2 is 1.16 bits per heavy atom. The Kier molecular flexibility index (Phi) is 8.42. The van der Waals surface area contributed by atoms with Gasteiger partial charge in [-0.25, -0.2) is 15.0 Å². The van der Waals surface area contributed by atoms with E-state index in [9.17, 15) is 0 Å². The van der Waals surface area contributed by atoms with Gasteiger partial charge in [-0.05, 0) is 55.0 Å². The number of furan rings is 1. The summed E-state index contributed by atoms with van der Waals surface area (Å²) in [5.74, 6) is 1.72. The SMILES string of the molecule is C=C/C=c1\c(=C/C)n(-c2ccccc2)c2c1ccc1c3cc(-c4ncc(-c5ccccc5)cc4-c4nc(-c5ccccc5)nc(-c5ccccc5)n4)ccc3oc12. The van der Waals surface area contributed by atoms with E-state index in [1.807, 2.05) is 103 Å². The van der Waals surface area contributed by atoms with Crippen molar-refractivity contribution in [1.29, 1.82) is 0 Å². The van der Waals surface area contributed by atoms with Crippen LogP contribution in [0.4, 0.5) is 0 Å². The Balaban J connectivity index is 1.23. The van der Waals surface area contributed by atoms with E-state index in [1.165, 1.54) is 0 Å². The van der Waals surface area contributed by atoms with Crippen LogP contribution in [0.2, 0.25) is 0 Å². The van der Waals surface area contributed by atoms with Crippen molar-refractivity contribution >= 4 is 45.0 Å². The number of fused-ring (bicyclic) bond motifs is 5. The molecular weight excluding hydrogens is 699 g/mol. The molecule has 0 aliphatic heterocycles. The van der Waals surface area contributed by atoms with Crippen LogP contribution >= 0.6 is 0 Å². The molecule has 6 nitrogen and oxygen atoms in total. The molecule has 10 aromatic rings. The predicted octanol–water partition coefficient (Wildman–Crippen LogP) is 11.2. The van der Waals surface area contributed by atoms with Crippen LogP contribution in [0.3, 0.4) is 0 Å². The van der Waals surface area contributed by atoms with Gasteiger partial charge in [0.1, 0.15) is 5.58 Å². The Bertz CT molecular complexity index is 3190. The molecule has 6 heteroatoms. The second-order valence-corrected chi connectivity index (χ2v) is 13.8. The highest BCUT2D eigenvalue weighted by Gasteiger charge is 2.21. The van der Waals surface area contributed by atoms with Gasteiger partial charge in [-0.3, -0.25) is 4.98 Å². The van der Waals surface area contributed by atoms with E-state index in [4.69, 9.17) is 24.4 Å². The van der Waals surface area contributed by atoms with Crippen molar-refractivity contribution in [1.82, 2.24) is 24.5 Å². The van der Waals surface area contributed by atoms with Crippen LogP contribution in [0.1, 0.15) is 6.92 Å². The molecule has 0 radical (unpaired) electrons. The van der Waals surface area contributed by atoms with E-state index in [2.05, 4.69) is 97.0 Å². The molecule has 0 N–H and O–H groups in total. The van der Waals surface area contributed by atoms with Gasteiger partial charge in [0.25, 0.3) is 0 Å². The predicted molar refractivity (Wildman–Crippen MR) is 233 cm³/mol. The van der Waals surface area contributed by atoms with Crippen molar-refractivity contribution in [2.45, 2.75) is 6.92 Å². The maximum Gasteiger partial charge on any atom is 0.166 e. The summed E-state index contributed by atoms with van der Waals surface area (Å²) in [6.45, 7) is 6.10. The monoisotopic (exact) mass is 733 g/mol. The fraction of sp³-hybridized carbons (Fsp3) is 0.0196. The molecule has 0 saturated carbocycles. The quantitative estimate of drug-likeness (QED) is 0.163. The number of benzene rings is 6. The van der Waals surface area contributed by atoms with E-state index in [0.717, 1.165) is 88.2 Å². The number of rotatable bonds is 7. The largest absolute Gasteiger partial charge is 0.454 e. The fourth-order valence-electron chi connectivity index (χ4n) is 7.80. The summed E-state index contributed by atoms with van der Waals surface area (Å²) >= 11 is 0. The number of allylic oxidation sites excluding steroid dienone is 1. The van der Waals surface area contributed by atoms with Crippen LogP contribution in [-0.4, -0.2) is 24.5 Å². The topological polar surface area (TPSA) is 69.6 Å². The minimum Gasteiger partial charge on any atom is -0.454 e. The first-order valence-corrected chi connectivity index (χ1v) is 19.0. The summed E-state index contributed by atoms with van der Waals surface area (Å²) in [7, 11) is 0. The zero-order chi connectivity index (χ0) is 38.3. The summed E-state index contributed by atoms with van der Waals surface area (Å²) in [4.78, 5) is 20.4. The second-order valence-electron chi connectivity index (χ2n) is 13.8. The zero-order valence-electron chi connectivity index (χ0n) is 31.2. The van der Waals surface area contributed by atoms with Crippen molar-refractivity contribution in [3.05, 3.63) is 187 Å². The Labute approximate surface area is 329 Å². The smallest absolute Gasteiger partial charge is 0.166 e. The summed E-state index contributed by atoms with van der Waals surface area (Å²) < 4.78 is 9.09. The average molecular weight is 734 g/mol. The molecule has 0 atom stereocenters. The van der Waals surface area contributed by atoms with E-state index in [1.54, 1.807) is 0 Å². The molecule has 270 valence electrons. The lowest BCUT2D eigenvalue weighted by molar-refractivity contribution is 0.671. The Morgan fingerprint density at radius 3 is 1.79 bits per heavy atom. The van der Waals surface area contributed by atoms with E-state index in [-0.39, 0.29) is 0 Å². The van der Waals surface area contributed by atoms with Gasteiger partial charge < -0.3 is 8.98 Å². The maximum atomic E-state index is 6.80. The van der Waals surface area contributed by atoms with E-state index in [0.29, 0.717) is 17.5 Å². The van der Waals surface area contributed by atoms with Crippen molar-refractivity contribution in [3.63, 3.8) is 0 Å². The lowest BCUT2D eigenvalue weighted by atomic mass is 9.98. The van der Waals surface area contributed by atoms with Crippen molar-refractivity contribution in [2.24, 2.45) is 0 Å². The molecule has 4 aromatic heterocycles. The minimum atomic E-state index is 0.539. The van der Waals surface area contributed by atoms with Crippen molar-refractivity contribution in [2.75, 3.05) is 0 Å². The number of hydrogen-bond acceptors (Lipinski definition) is 5. The first-order valence-electron chi connectivity index (χ1n) is 19.0. The Morgan fingerprint density at radius 1 is 0.561 bits per heavy atom. The van der Waals surface area contributed by atoms with Crippen molar-refractivity contribution in [3.8, 4) is 62.2 Å². The van der Waals surface area contributed by atoms with Crippen LogP contribution in [0.25, 0.3) is 107 Å². The number of pyridine rings is 1. The maximum absolute atomic E-state index is 6.80. The molecule has 57 heavy (non-hydrogen) atoms. The minimum absolute atomic E-state index is 0.539. The summed E-state index contributed by atoms with van der Waals surface area (Å²) in [6.07, 6.45) is 8.00. The third-order valence-electron chi connectivity index (χ3n) is 10.4. The van der Waals surface area contributed by atoms with E-state index >= 15 is 0 Å². The zero-order valence-corrected chi connectivity index (χ0v) is 31.2. The standard InChI is InChI=1S/C51H35N5O/c1-3-17-39-40-27-28-41-42-30-36(26-29-45(42)57-48(41)47(40)56(44(39)4-2)38-24-15-8-16-25-38)46-43(31-37(32-52-46)33-18-9-5-10-19-33)51-54-49(34-20-11-6-12-21-34)53-50(55-51)35-22-13-7-14-23-35/h3-32H,1H2,2H3/b39-17-,44-4+. The summed E-state index contributed by atoms with van der Waals surface area (Å²) in [6, 6.07) is 53.6. The molecule has 0 fully saturated rings. The summed E-state index contributed by atoms with van der Waals surface area (Å²) in [5, 5.41) is 5.29. The molecule has 0 unspecified atom stereocenters. The highest BCUT2D eigenvalue weighted by Crippen LogP contribution is 2.39. The molecule has 0 aliphatic rings. The normalized spacial score (nSPS) is 12.2. The first kappa shape index (κ1) is 33.8. The van der Waals surface area contributed by atoms with E-state index < -0.39 is 0 Å². The second kappa shape index (κ2) is 14.2. The molecular formula is C51H35N5O. The molecule has 0 amide bonds. The number of hydrogen-bond donors (Lipinski definition) is 0. The first-order chi connectivity index (χ1) is 28.2. The van der Waals surface area contributed by atoms with Crippen LogP contribution in [0.5, 0.6) is 0 Å². The molecule has 0 spiro atoms. The van der Waals surface area contributed by atoms with Gasteiger partial charge in [-0.2, -0.15) is 0 Å². The number of nitrogens with zero attached hydrogens (tertiary/aromatic N) is 5. The van der Waals surface area contributed by atoms with Crippen LogP contribution in [-0.2, 0) is 0 Å². The summed E-state index contributed by atoms with van der Waals surface area (Å²) in [5.41, 5.74) is 9.98. The van der Waals surface area contributed by atoms with Crippen LogP contribution in [0, 0.1) is 0 Å². The van der Waals surface area contributed by atoms with Gasteiger partial charge in [0.15, 0.2) is 23.1 Å². The van der Waals surface area contributed by atoms with Gasteiger partial charge in [-0.1, -0.05) is 140 Å². The fourth-order valence-corrected chi connectivity index (χ4v) is 7.80. The van der Waals surface area contributed by atoms with Gasteiger partial charge >= 0.3 is 0 Å². The third-order valence-corrected chi connectivity index (χ3v) is 10.4. The lowest BCUT2D eigenvalue weighted by Crippen LogP contribution is -2.27.